The van der Waals surface area contributed by atoms with Crippen LogP contribution in [-0.4, -0.2) is 74.0 Å². The van der Waals surface area contributed by atoms with Gasteiger partial charge in [0.2, 0.25) is 5.91 Å². The molecule has 0 bridgehead atoms. The largest absolute Gasteiger partial charge is 0.390 e. The van der Waals surface area contributed by atoms with E-state index in [1.807, 2.05) is 19.9 Å². The van der Waals surface area contributed by atoms with Gasteiger partial charge in [0.15, 0.2) is 11.5 Å². The molecule has 1 amide bonds. The summed E-state index contributed by atoms with van der Waals surface area (Å²) >= 11 is 0. The fourth-order valence-electron chi connectivity index (χ4n) is 3.76. The lowest BCUT2D eigenvalue weighted by Crippen LogP contribution is -2.43. The molecule has 1 aliphatic rings. The summed E-state index contributed by atoms with van der Waals surface area (Å²) < 4.78 is 1.58. The van der Waals surface area contributed by atoms with Gasteiger partial charge >= 0.3 is 0 Å². The maximum Gasteiger partial charge on any atom is 0.250 e. The molecule has 1 fully saturated rings. The second-order valence-electron chi connectivity index (χ2n) is 8.36. The number of hydrazone groups is 1. The van der Waals surface area contributed by atoms with Crippen molar-refractivity contribution in [2.45, 2.75) is 38.5 Å². The summed E-state index contributed by atoms with van der Waals surface area (Å²) in [7, 11) is 0. The molecule has 34 heavy (non-hydrogen) atoms. The van der Waals surface area contributed by atoms with Crippen LogP contribution in [0.2, 0.25) is 0 Å². The van der Waals surface area contributed by atoms with Crippen molar-refractivity contribution < 1.29 is 9.90 Å². The number of rotatable bonds is 7. The first-order chi connectivity index (χ1) is 16.4. The van der Waals surface area contributed by atoms with Crippen LogP contribution in [0.1, 0.15) is 36.2 Å². The number of nitrogens with zero attached hydrogens (tertiary/aromatic N) is 6. The number of primary amides is 1. The molecule has 12 heteroatoms. The van der Waals surface area contributed by atoms with Crippen LogP contribution in [0.4, 0.5) is 5.69 Å². The molecule has 0 aromatic carbocycles. The number of pyridine rings is 2. The predicted octanol–water partition coefficient (Wildman–Crippen LogP) is 0.191. The molecule has 3 aromatic rings. The van der Waals surface area contributed by atoms with E-state index in [9.17, 15) is 9.90 Å². The lowest BCUT2D eigenvalue weighted by atomic mass is 10.0. The van der Waals surface area contributed by atoms with Gasteiger partial charge in [0.1, 0.15) is 5.71 Å². The quantitative estimate of drug-likeness (QED) is 0.186. The number of piperidine rings is 1. The van der Waals surface area contributed by atoms with Crippen molar-refractivity contribution in [3.63, 3.8) is 0 Å². The Hall–Kier alpha value is -3.90. The molecule has 1 saturated heterocycles. The Balaban J connectivity index is 1.70. The summed E-state index contributed by atoms with van der Waals surface area (Å²) in [5, 5.41) is 25.6. The number of aliphatic hydroxyl groups is 1. The van der Waals surface area contributed by atoms with Crippen LogP contribution in [0.5, 0.6) is 0 Å². The number of amides is 1. The molecule has 4 rings (SSSR count). The zero-order valence-corrected chi connectivity index (χ0v) is 19.0. The Morgan fingerprint density at radius 1 is 1.32 bits per heavy atom. The van der Waals surface area contributed by atoms with Gasteiger partial charge in [-0.2, -0.15) is 14.9 Å². The Morgan fingerprint density at radius 2 is 2.15 bits per heavy atom. The lowest BCUT2D eigenvalue weighted by molar-refractivity contribution is 0.1000. The summed E-state index contributed by atoms with van der Waals surface area (Å²) in [6, 6.07) is 3.35. The minimum absolute atomic E-state index is 0.113. The molecule has 4 heterocycles. The summed E-state index contributed by atoms with van der Waals surface area (Å²) in [5.41, 5.74) is 8.02. The lowest BCUT2D eigenvalue weighted by Gasteiger charge is -2.25. The summed E-state index contributed by atoms with van der Waals surface area (Å²) in [5.74, 6) is 5.66. The number of nitrogens with two attached hydrogens (primary N) is 2. The highest BCUT2D eigenvalue weighted by molar-refractivity contribution is 6.39. The molecule has 0 aliphatic carbocycles. The Morgan fingerprint density at radius 3 is 2.85 bits per heavy atom. The molecule has 2 atom stereocenters. The van der Waals surface area contributed by atoms with Crippen LogP contribution in [0.15, 0.2) is 40.8 Å². The number of nitrogens with one attached hydrogen (secondary N) is 2. The number of aliphatic hydroxyl groups excluding tert-OH is 1. The third-order valence-corrected chi connectivity index (χ3v) is 5.46. The number of aliphatic imine (C=N–C) groups is 1. The number of carbonyl (C=O) groups is 1. The van der Waals surface area contributed by atoms with Crippen molar-refractivity contribution in [2.24, 2.45) is 21.7 Å². The number of aromatic nitrogens is 4. The predicted molar refractivity (Wildman–Crippen MR) is 130 cm³/mol. The Labute approximate surface area is 196 Å². The van der Waals surface area contributed by atoms with Gasteiger partial charge in [-0.05, 0) is 32.9 Å². The molecule has 3 aromatic heterocycles. The average Bonchev–Trinajstić information content (AvgIpc) is 3.24. The molecule has 0 saturated carbocycles. The van der Waals surface area contributed by atoms with Crippen molar-refractivity contribution in [2.75, 3.05) is 18.4 Å². The van der Waals surface area contributed by atoms with Gasteiger partial charge in [-0.1, -0.05) is 0 Å². The molecule has 2 unspecified atom stereocenters. The first kappa shape index (κ1) is 23.3. The van der Waals surface area contributed by atoms with Gasteiger partial charge in [0.05, 0.1) is 23.9 Å². The van der Waals surface area contributed by atoms with Gasteiger partial charge in [-0.3, -0.25) is 9.79 Å². The third kappa shape index (κ3) is 4.87. The van der Waals surface area contributed by atoms with Crippen LogP contribution in [0, 0.1) is 0 Å². The third-order valence-electron chi connectivity index (χ3n) is 5.46. The highest BCUT2D eigenvalue weighted by Crippen LogP contribution is 2.23. The summed E-state index contributed by atoms with van der Waals surface area (Å²) in [6.45, 7) is 5.31. The summed E-state index contributed by atoms with van der Waals surface area (Å²) in [4.78, 5) is 24.9. The van der Waals surface area contributed by atoms with E-state index < -0.39 is 12.0 Å². The van der Waals surface area contributed by atoms with Gasteiger partial charge < -0.3 is 27.3 Å². The topological polar surface area (TPSA) is 182 Å². The first-order valence-electron chi connectivity index (χ1n) is 11.0. The maximum atomic E-state index is 11.5. The fraction of sp³-hybridized carbons (Fsp3) is 0.364. The normalized spacial score (nSPS) is 19.2. The van der Waals surface area contributed by atoms with Gasteiger partial charge in [-0.25, -0.2) is 9.97 Å². The summed E-state index contributed by atoms with van der Waals surface area (Å²) in [6.07, 6.45) is 6.40. The molecular formula is C22H28N10O2. The van der Waals surface area contributed by atoms with E-state index in [-0.39, 0.29) is 12.1 Å². The highest BCUT2D eigenvalue weighted by Gasteiger charge is 2.22. The van der Waals surface area contributed by atoms with E-state index in [1.165, 1.54) is 6.20 Å². The molecule has 12 nitrogen and oxygen atoms in total. The zero-order valence-electron chi connectivity index (χ0n) is 19.0. The minimum atomic E-state index is -0.562. The van der Waals surface area contributed by atoms with Crippen LogP contribution in [0.3, 0.4) is 0 Å². The number of carbonyl (C=O) groups excluding carboxylic acids is 1. The van der Waals surface area contributed by atoms with E-state index in [4.69, 9.17) is 11.6 Å². The van der Waals surface area contributed by atoms with E-state index >= 15 is 0 Å². The maximum absolute atomic E-state index is 11.5. The van der Waals surface area contributed by atoms with Crippen molar-refractivity contribution in [3.8, 4) is 5.82 Å². The number of β-amino-alcohol motifs (C(OH)–C–C–N with tert-alkyl or cyclic N) is 1. The number of anilines is 1. The van der Waals surface area contributed by atoms with Crippen molar-refractivity contribution in [1.29, 1.82) is 0 Å². The monoisotopic (exact) mass is 464 g/mol. The SMILES string of the molecule is CC(C)Nc1cc(-n2ncc3cc(C(N)=O)cnc32)ncc1C(C=NC1CCNCC1O)=NN. The van der Waals surface area contributed by atoms with Gasteiger partial charge in [0.25, 0.3) is 0 Å². The molecule has 1 aliphatic heterocycles. The van der Waals surface area contributed by atoms with Gasteiger partial charge in [0, 0.05) is 53.9 Å². The molecule has 7 N–H and O–H groups in total. The minimum Gasteiger partial charge on any atom is -0.390 e. The number of hydrogen-bond donors (Lipinski definition) is 5. The molecular weight excluding hydrogens is 436 g/mol. The zero-order chi connectivity index (χ0) is 24.2. The number of fused-ring (bicyclic) bond motifs is 1. The fourth-order valence-corrected chi connectivity index (χ4v) is 3.76. The van der Waals surface area contributed by atoms with E-state index in [1.54, 1.807) is 29.4 Å². The van der Waals surface area contributed by atoms with E-state index in [0.29, 0.717) is 40.2 Å². The Bertz CT molecular complexity index is 1250. The molecule has 0 spiro atoms. The van der Waals surface area contributed by atoms with E-state index in [0.717, 1.165) is 18.7 Å². The average molecular weight is 465 g/mol. The smallest absolute Gasteiger partial charge is 0.250 e. The standard InChI is InChI=1S/C22H28N10O2/c1-12(2)30-17-6-20(32-22-14(8-29-32)5-13(7-28-22)21(23)34)27-9-15(17)18(31-24)10-26-16-3-4-25-11-19(16)33/h5-10,12,16,19,25,33H,3-4,11,24H2,1-2H3,(H2,23,34)(H,27,30). The second kappa shape index (κ2) is 9.93. The van der Waals surface area contributed by atoms with Crippen molar-refractivity contribution >= 4 is 34.6 Å². The van der Waals surface area contributed by atoms with Gasteiger partial charge in [-0.15, -0.1) is 0 Å². The van der Waals surface area contributed by atoms with Crippen molar-refractivity contribution in [1.82, 2.24) is 25.1 Å². The highest BCUT2D eigenvalue weighted by atomic mass is 16.3. The molecule has 178 valence electrons. The molecule has 0 radical (unpaired) electrons. The van der Waals surface area contributed by atoms with Crippen molar-refractivity contribution in [3.05, 3.63) is 41.9 Å². The van der Waals surface area contributed by atoms with Crippen LogP contribution < -0.4 is 22.2 Å². The van der Waals surface area contributed by atoms with Crippen LogP contribution >= 0.6 is 0 Å². The van der Waals surface area contributed by atoms with Crippen LogP contribution in [-0.2, 0) is 0 Å². The van der Waals surface area contributed by atoms with Crippen LogP contribution in [0.25, 0.3) is 16.9 Å². The Kier molecular flexibility index (Phi) is 6.80. The second-order valence-corrected chi connectivity index (χ2v) is 8.36. The van der Waals surface area contributed by atoms with E-state index in [2.05, 4.69) is 35.8 Å². The number of hydrogen-bond acceptors (Lipinski definition) is 10. The first-order valence-corrected chi connectivity index (χ1v) is 11.0.